The summed E-state index contributed by atoms with van der Waals surface area (Å²) in [6, 6.07) is -0.666. The first-order valence-corrected chi connectivity index (χ1v) is 3.45. The number of halogens is 1. The molecular formula is C7H14FNO2. The van der Waals surface area contributed by atoms with E-state index in [1.54, 1.807) is 0 Å². The van der Waals surface area contributed by atoms with Gasteiger partial charge in [0.2, 0.25) is 0 Å². The Morgan fingerprint density at radius 3 is 2.45 bits per heavy atom. The third-order valence-electron chi connectivity index (χ3n) is 1.55. The van der Waals surface area contributed by atoms with Crippen LogP contribution < -0.4 is 5.73 Å². The normalized spacial score (nSPS) is 14.5. The fourth-order valence-corrected chi connectivity index (χ4v) is 0.797. The van der Waals surface area contributed by atoms with Crippen molar-refractivity contribution in [3.05, 3.63) is 0 Å². The first kappa shape index (κ1) is 10.4. The lowest BCUT2D eigenvalue weighted by atomic mass is 9.86. The van der Waals surface area contributed by atoms with E-state index in [9.17, 15) is 9.18 Å². The van der Waals surface area contributed by atoms with Gasteiger partial charge in [-0.2, -0.15) is 0 Å². The Bertz CT molecular complexity index is 147. The fourth-order valence-electron chi connectivity index (χ4n) is 0.797. The maximum Gasteiger partial charge on any atom is 0.309 e. The molecule has 0 aromatic heterocycles. The van der Waals surface area contributed by atoms with E-state index in [0.29, 0.717) is 0 Å². The zero-order valence-electron chi connectivity index (χ0n) is 6.80. The number of carbonyl (C=O) groups is 1. The van der Waals surface area contributed by atoms with Crippen LogP contribution in [0.1, 0.15) is 20.3 Å². The van der Waals surface area contributed by atoms with Crippen LogP contribution in [0.25, 0.3) is 0 Å². The van der Waals surface area contributed by atoms with E-state index < -0.39 is 24.1 Å². The summed E-state index contributed by atoms with van der Waals surface area (Å²) in [6.07, 6.45) is 0.166. The van der Waals surface area contributed by atoms with E-state index >= 15 is 0 Å². The summed E-state index contributed by atoms with van der Waals surface area (Å²) in [5, 5.41) is 8.61. The molecule has 0 fully saturated rings. The predicted molar refractivity (Wildman–Crippen MR) is 40.0 cm³/mol. The van der Waals surface area contributed by atoms with E-state index in [1.165, 1.54) is 13.8 Å². The van der Waals surface area contributed by atoms with Gasteiger partial charge in [0, 0.05) is 6.04 Å². The molecule has 0 aromatic carbocycles. The van der Waals surface area contributed by atoms with Crippen LogP contribution in [0.5, 0.6) is 0 Å². The molecule has 0 heterocycles. The molecule has 0 aliphatic carbocycles. The molecular weight excluding hydrogens is 149 g/mol. The molecule has 0 amide bonds. The number of nitrogens with two attached hydrogens (primary N) is 1. The van der Waals surface area contributed by atoms with Crippen LogP contribution >= 0.6 is 0 Å². The Morgan fingerprint density at radius 2 is 2.18 bits per heavy atom. The fraction of sp³-hybridized carbons (Fsp3) is 0.857. The van der Waals surface area contributed by atoms with Crippen molar-refractivity contribution >= 4 is 5.97 Å². The number of carboxylic acid groups (broad SMARTS) is 1. The molecule has 0 aromatic rings. The number of hydrogen-bond donors (Lipinski definition) is 2. The minimum atomic E-state index is -0.943. The van der Waals surface area contributed by atoms with Gasteiger partial charge < -0.3 is 10.8 Å². The van der Waals surface area contributed by atoms with Crippen LogP contribution in [0.15, 0.2) is 0 Å². The maximum atomic E-state index is 11.9. The highest BCUT2D eigenvalue weighted by Crippen LogP contribution is 2.21. The monoisotopic (exact) mass is 163 g/mol. The van der Waals surface area contributed by atoms with Crippen LogP contribution in [0, 0.1) is 5.41 Å². The number of carboxylic acids is 1. The van der Waals surface area contributed by atoms with Crippen molar-refractivity contribution in [3.63, 3.8) is 0 Å². The van der Waals surface area contributed by atoms with Crippen LogP contribution in [0.2, 0.25) is 0 Å². The van der Waals surface area contributed by atoms with E-state index in [4.69, 9.17) is 10.8 Å². The second-order valence-electron chi connectivity index (χ2n) is 3.31. The Morgan fingerprint density at radius 1 is 1.73 bits per heavy atom. The number of aliphatic carboxylic acids is 1. The van der Waals surface area contributed by atoms with Gasteiger partial charge in [0.15, 0.2) is 0 Å². The van der Waals surface area contributed by atoms with Crippen molar-refractivity contribution in [1.82, 2.24) is 0 Å². The molecule has 3 N–H and O–H groups in total. The average Bonchev–Trinajstić information content (AvgIpc) is 1.86. The number of alkyl halides is 1. The highest BCUT2D eigenvalue weighted by Gasteiger charge is 2.29. The Labute approximate surface area is 65.4 Å². The molecule has 0 saturated carbocycles. The van der Waals surface area contributed by atoms with Crippen LogP contribution in [-0.2, 0) is 4.79 Å². The molecule has 11 heavy (non-hydrogen) atoms. The van der Waals surface area contributed by atoms with Crippen molar-refractivity contribution < 1.29 is 14.3 Å². The predicted octanol–water partition coefficient (Wildman–Crippen LogP) is 0.784. The minimum Gasteiger partial charge on any atom is -0.481 e. The number of hydrogen-bond acceptors (Lipinski definition) is 2. The van der Waals surface area contributed by atoms with Crippen LogP contribution in [0.3, 0.4) is 0 Å². The second-order valence-corrected chi connectivity index (χ2v) is 3.31. The van der Waals surface area contributed by atoms with Gasteiger partial charge in [-0.1, -0.05) is 0 Å². The minimum absolute atomic E-state index is 0.166. The van der Waals surface area contributed by atoms with E-state index in [1.807, 2.05) is 0 Å². The smallest absolute Gasteiger partial charge is 0.309 e. The van der Waals surface area contributed by atoms with Crippen molar-refractivity contribution in [1.29, 1.82) is 0 Å². The van der Waals surface area contributed by atoms with Gasteiger partial charge in [-0.15, -0.1) is 0 Å². The lowest BCUT2D eigenvalue weighted by Gasteiger charge is -2.21. The molecule has 0 rings (SSSR count). The van der Waals surface area contributed by atoms with Crippen molar-refractivity contribution in [2.24, 2.45) is 11.1 Å². The summed E-state index contributed by atoms with van der Waals surface area (Å²) < 4.78 is 11.9. The van der Waals surface area contributed by atoms with Gasteiger partial charge in [0.1, 0.15) is 6.67 Å². The Hall–Kier alpha value is -0.640. The van der Waals surface area contributed by atoms with Crippen molar-refractivity contribution in [3.8, 4) is 0 Å². The van der Waals surface area contributed by atoms with E-state index in [0.717, 1.165) is 0 Å². The van der Waals surface area contributed by atoms with Crippen molar-refractivity contribution in [2.75, 3.05) is 6.67 Å². The van der Waals surface area contributed by atoms with Gasteiger partial charge in [0.05, 0.1) is 5.41 Å². The molecule has 4 heteroatoms. The van der Waals surface area contributed by atoms with Gasteiger partial charge in [-0.3, -0.25) is 4.79 Å². The largest absolute Gasteiger partial charge is 0.481 e. The maximum absolute atomic E-state index is 11.9. The third-order valence-corrected chi connectivity index (χ3v) is 1.55. The summed E-state index contributed by atoms with van der Waals surface area (Å²) in [6.45, 7) is 2.40. The quantitative estimate of drug-likeness (QED) is 0.643. The summed E-state index contributed by atoms with van der Waals surface area (Å²) in [5.41, 5.74) is 4.33. The molecule has 0 bridgehead atoms. The van der Waals surface area contributed by atoms with Crippen LogP contribution in [-0.4, -0.2) is 23.8 Å². The molecule has 0 aliphatic rings. The highest BCUT2D eigenvalue weighted by molar-refractivity contribution is 5.73. The molecule has 1 unspecified atom stereocenters. The Kier molecular flexibility index (Phi) is 3.45. The Balaban J connectivity index is 4.01. The molecule has 0 radical (unpaired) electrons. The molecule has 3 nitrogen and oxygen atoms in total. The lowest BCUT2D eigenvalue weighted by Crippen LogP contribution is -2.34. The summed E-state index contributed by atoms with van der Waals surface area (Å²) in [5.74, 6) is -0.943. The van der Waals surface area contributed by atoms with Crippen LogP contribution in [0.4, 0.5) is 4.39 Å². The van der Waals surface area contributed by atoms with Gasteiger partial charge in [-0.25, -0.2) is 4.39 Å². The molecule has 0 spiro atoms. The van der Waals surface area contributed by atoms with E-state index in [2.05, 4.69) is 0 Å². The molecule has 66 valence electrons. The summed E-state index contributed by atoms with van der Waals surface area (Å²) in [4.78, 5) is 10.5. The average molecular weight is 163 g/mol. The first-order valence-electron chi connectivity index (χ1n) is 3.45. The summed E-state index contributed by atoms with van der Waals surface area (Å²) >= 11 is 0. The van der Waals surface area contributed by atoms with Gasteiger partial charge in [-0.05, 0) is 20.3 Å². The standard InChI is InChI=1S/C7H14FNO2/c1-7(2,6(10)11)3-5(9)4-8/h5H,3-4,9H2,1-2H3,(H,10,11). The lowest BCUT2D eigenvalue weighted by molar-refractivity contribution is -0.147. The first-order chi connectivity index (χ1) is 4.90. The SMILES string of the molecule is CC(C)(CC(N)CF)C(=O)O. The topological polar surface area (TPSA) is 63.3 Å². The zero-order chi connectivity index (χ0) is 9.07. The summed E-state index contributed by atoms with van der Waals surface area (Å²) in [7, 11) is 0. The van der Waals surface area contributed by atoms with Crippen molar-refractivity contribution in [2.45, 2.75) is 26.3 Å². The zero-order valence-corrected chi connectivity index (χ0v) is 6.80. The molecule has 0 saturated heterocycles. The third kappa shape index (κ3) is 3.32. The number of rotatable bonds is 4. The molecule has 1 atom stereocenters. The van der Waals surface area contributed by atoms with Gasteiger partial charge >= 0.3 is 5.97 Å². The second kappa shape index (κ2) is 3.67. The van der Waals surface area contributed by atoms with Gasteiger partial charge in [0.25, 0.3) is 0 Å². The highest BCUT2D eigenvalue weighted by atomic mass is 19.1. The molecule has 0 aliphatic heterocycles. The van der Waals surface area contributed by atoms with E-state index in [-0.39, 0.29) is 6.42 Å².